The van der Waals surface area contributed by atoms with Gasteiger partial charge in [0.1, 0.15) is 12.4 Å². The highest BCUT2D eigenvalue weighted by molar-refractivity contribution is 5.81. The van der Waals surface area contributed by atoms with Crippen LogP contribution in [0, 0.1) is 24.7 Å². The third-order valence-corrected chi connectivity index (χ3v) is 10.9. The van der Waals surface area contributed by atoms with E-state index in [1.807, 2.05) is 0 Å². The number of benzene rings is 7. The fourth-order valence-corrected chi connectivity index (χ4v) is 7.85. The summed E-state index contributed by atoms with van der Waals surface area (Å²) in [6, 6.07) is 63.2. The molecular weight excluding hydrogens is 705 g/mol. The third kappa shape index (κ3) is 9.90. The van der Waals surface area contributed by atoms with Crippen LogP contribution in [-0.2, 0) is 6.61 Å². The standard InChI is InChI=1S/C55H58N2O/c1-40-14-12-18-50(36-40)56(46-16-10-9-11-17-46)47-28-24-43(25-29-47)44-26-30-48(31-27-44)57(51-19-13-15-41(2)37-51)49-32-34-52(35-33-49)58-39-42-20-22-45(23-21-42)53(55(6,7)8)38-54(3,4)5/h9-37,53H,38-39H2,1-8H3. The van der Waals surface area contributed by atoms with Crippen molar-refractivity contribution in [3.8, 4) is 16.9 Å². The maximum Gasteiger partial charge on any atom is 0.119 e. The molecule has 0 saturated carbocycles. The molecule has 1 unspecified atom stereocenters. The summed E-state index contributed by atoms with van der Waals surface area (Å²) in [6.07, 6.45) is 1.15. The Kier molecular flexibility index (Phi) is 11.9. The molecule has 294 valence electrons. The first kappa shape index (κ1) is 40.1. The van der Waals surface area contributed by atoms with Gasteiger partial charge in [-0.1, -0.05) is 133 Å². The first-order valence-electron chi connectivity index (χ1n) is 20.6. The molecule has 0 N–H and O–H groups in total. The Morgan fingerprint density at radius 3 is 1.31 bits per heavy atom. The molecular formula is C55H58N2O. The van der Waals surface area contributed by atoms with Gasteiger partial charge in [0, 0.05) is 34.1 Å². The highest BCUT2D eigenvalue weighted by Crippen LogP contribution is 2.43. The van der Waals surface area contributed by atoms with E-state index in [9.17, 15) is 0 Å². The summed E-state index contributed by atoms with van der Waals surface area (Å²) in [5, 5.41) is 0. The minimum absolute atomic E-state index is 0.196. The molecule has 0 aliphatic carbocycles. The number of nitrogens with zero attached hydrogens (tertiary/aromatic N) is 2. The second kappa shape index (κ2) is 17.2. The zero-order valence-electron chi connectivity index (χ0n) is 35.5. The van der Waals surface area contributed by atoms with Crippen molar-refractivity contribution in [1.29, 1.82) is 0 Å². The number of hydrogen-bond donors (Lipinski definition) is 0. The topological polar surface area (TPSA) is 15.7 Å². The number of ether oxygens (including phenoxy) is 1. The van der Waals surface area contributed by atoms with Crippen LogP contribution in [0.3, 0.4) is 0 Å². The van der Waals surface area contributed by atoms with E-state index in [0.29, 0.717) is 12.5 Å². The summed E-state index contributed by atoms with van der Waals surface area (Å²) < 4.78 is 6.33. The molecule has 0 spiro atoms. The van der Waals surface area contributed by atoms with E-state index in [-0.39, 0.29) is 10.8 Å². The van der Waals surface area contributed by atoms with E-state index in [1.165, 1.54) is 33.4 Å². The van der Waals surface area contributed by atoms with Crippen LogP contribution in [-0.4, -0.2) is 0 Å². The molecule has 58 heavy (non-hydrogen) atoms. The Labute approximate surface area is 347 Å². The van der Waals surface area contributed by atoms with Crippen LogP contribution < -0.4 is 14.5 Å². The van der Waals surface area contributed by atoms with Gasteiger partial charge in [-0.3, -0.25) is 0 Å². The SMILES string of the molecule is Cc1cccc(N(c2ccccc2)c2ccc(-c3ccc(N(c4ccc(OCc5ccc(C(CC(C)(C)C)C(C)(C)C)cc5)cc4)c4cccc(C)c4)cc3)cc2)c1. The molecule has 7 rings (SSSR count). The lowest BCUT2D eigenvalue weighted by Crippen LogP contribution is -2.23. The maximum atomic E-state index is 6.33. The zero-order valence-corrected chi connectivity index (χ0v) is 35.5. The van der Waals surface area contributed by atoms with Crippen molar-refractivity contribution in [2.24, 2.45) is 10.8 Å². The van der Waals surface area contributed by atoms with Crippen LogP contribution in [0.5, 0.6) is 5.75 Å². The largest absolute Gasteiger partial charge is 0.489 e. The van der Waals surface area contributed by atoms with Crippen molar-refractivity contribution in [1.82, 2.24) is 0 Å². The van der Waals surface area contributed by atoms with Crippen LogP contribution in [0.25, 0.3) is 11.1 Å². The van der Waals surface area contributed by atoms with Gasteiger partial charge in [0.2, 0.25) is 0 Å². The van der Waals surface area contributed by atoms with Crippen molar-refractivity contribution < 1.29 is 4.74 Å². The molecule has 3 heteroatoms. The van der Waals surface area contributed by atoms with Crippen molar-refractivity contribution in [3.05, 3.63) is 198 Å². The monoisotopic (exact) mass is 762 g/mol. The quantitative estimate of drug-likeness (QED) is 0.123. The van der Waals surface area contributed by atoms with E-state index >= 15 is 0 Å². The zero-order chi connectivity index (χ0) is 40.9. The lowest BCUT2D eigenvalue weighted by Gasteiger charge is -2.36. The number of anilines is 6. The molecule has 3 nitrogen and oxygen atoms in total. The molecule has 0 fully saturated rings. The van der Waals surface area contributed by atoms with Crippen LogP contribution in [0.4, 0.5) is 34.1 Å². The molecule has 0 saturated heterocycles. The molecule has 0 radical (unpaired) electrons. The first-order chi connectivity index (χ1) is 27.8. The molecule has 0 amide bonds. The summed E-state index contributed by atoms with van der Waals surface area (Å²) in [4.78, 5) is 4.62. The fourth-order valence-electron chi connectivity index (χ4n) is 7.85. The van der Waals surface area contributed by atoms with Crippen molar-refractivity contribution in [2.45, 2.75) is 74.3 Å². The van der Waals surface area contributed by atoms with Gasteiger partial charge in [-0.25, -0.2) is 0 Å². The Balaban J connectivity index is 1.08. The van der Waals surface area contributed by atoms with Crippen LogP contribution in [0.15, 0.2) is 176 Å². The van der Waals surface area contributed by atoms with Crippen molar-refractivity contribution in [2.75, 3.05) is 9.80 Å². The molecule has 7 aromatic rings. The van der Waals surface area contributed by atoms with Crippen LogP contribution in [0.2, 0.25) is 0 Å². The molecule has 0 heterocycles. The normalized spacial score (nSPS) is 12.2. The average molecular weight is 763 g/mol. The smallest absolute Gasteiger partial charge is 0.119 e. The van der Waals surface area contributed by atoms with Gasteiger partial charge < -0.3 is 14.5 Å². The average Bonchev–Trinajstić information content (AvgIpc) is 3.20. The van der Waals surface area contributed by atoms with Gasteiger partial charge in [0.15, 0.2) is 0 Å². The highest BCUT2D eigenvalue weighted by atomic mass is 16.5. The Morgan fingerprint density at radius 1 is 0.448 bits per heavy atom. The lowest BCUT2D eigenvalue weighted by molar-refractivity contribution is 0.229. The predicted octanol–water partition coefficient (Wildman–Crippen LogP) is 16.1. The predicted molar refractivity (Wildman–Crippen MR) is 248 cm³/mol. The molecule has 7 aromatic carbocycles. The summed E-state index contributed by atoms with van der Waals surface area (Å²) >= 11 is 0. The lowest BCUT2D eigenvalue weighted by atomic mass is 9.69. The second-order valence-electron chi connectivity index (χ2n) is 18.0. The second-order valence-corrected chi connectivity index (χ2v) is 18.0. The van der Waals surface area contributed by atoms with Crippen LogP contribution in [0.1, 0.15) is 76.1 Å². The Hall–Kier alpha value is -6.06. The van der Waals surface area contributed by atoms with Gasteiger partial charge in [0.25, 0.3) is 0 Å². The summed E-state index contributed by atoms with van der Waals surface area (Å²) in [5.74, 6) is 1.35. The number of hydrogen-bond acceptors (Lipinski definition) is 3. The van der Waals surface area contributed by atoms with E-state index in [2.05, 4.69) is 241 Å². The third-order valence-electron chi connectivity index (χ3n) is 10.9. The van der Waals surface area contributed by atoms with E-state index in [4.69, 9.17) is 4.74 Å². The Bertz CT molecular complexity index is 2380. The van der Waals surface area contributed by atoms with E-state index in [0.717, 1.165) is 46.3 Å². The number of aryl methyl sites for hydroxylation is 2. The van der Waals surface area contributed by atoms with Gasteiger partial charge in [-0.15, -0.1) is 0 Å². The summed E-state index contributed by atoms with van der Waals surface area (Å²) in [7, 11) is 0. The number of rotatable bonds is 12. The van der Waals surface area contributed by atoms with Gasteiger partial charge >= 0.3 is 0 Å². The van der Waals surface area contributed by atoms with Crippen molar-refractivity contribution in [3.63, 3.8) is 0 Å². The minimum Gasteiger partial charge on any atom is -0.489 e. The van der Waals surface area contributed by atoms with Gasteiger partial charge in [-0.2, -0.15) is 0 Å². The summed E-state index contributed by atoms with van der Waals surface area (Å²) in [5.41, 5.74) is 14.5. The van der Waals surface area contributed by atoms with E-state index in [1.54, 1.807) is 0 Å². The maximum absolute atomic E-state index is 6.33. The van der Waals surface area contributed by atoms with Crippen LogP contribution >= 0.6 is 0 Å². The highest BCUT2D eigenvalue weighted by Gasteiger charge is 2.30. The van der Waals surface area contributed by atoms with E-state index < -0.39 is 0 Å². The van der Waals surface area contributed by atoms with Crippen molar-refractivity contribution >= 4 is 34.1 Å². The molecule has 0 aromatic heterocycles. The van der Waals surface area contributed by atoms with Gasteiger partial charge in [-0.05, 0) is 155 Å². The molecule has 0 aliphatic rings. The summed E-state index contributed by atoms with van der Waals surface area (Å²) in [6.45, 7) is 18.9. The number of para-hydroxylation sites is 1. The first-order valence-corrected chi connectivity index (χ1v) is 20.6. The fraction of sp³-hybridized carbons (Fsp3) is 0.236. The molecule has 1 atom stereocenters. The molecule has 0 bridgehead atoms. The molecule has 0 aliphatic heterocycles. The minimum atomic E-state index is 0.196. The Morgan fingerprint density at radius 2 is 0.879 bits per heavy atom. The van der Waals surface area contributed by atoms with Gasteiger partial charge in [0.05, 0.1) is 0 Å².